The van der Waals surface area contributed by atoms with Crippen molar-refractivity contribution in [2.75, 3.05) is 0 Å². The number of fused-ring (bicyclic) bond motifs is 9. The van der Waals surface area contributed by atoms with Crippen LogP contribution in [-0.2, 0) is 5.41 Å². The van der Waals surface area contributed by atoms with Gasteiger partial charge in [0.2, 0.25) is 0 Å². The molecule has 0 fully saturated rings. The van der Waals surface area contributed by atoms with E-state index in [-0.39, 0.29) is 5.41 Å². The van der Waals surface area contributed by atoms with Crippen LogP contribution in [0.15, 0.2) is 162 Å². The van der Waals surface area contributed by atoms with Crippen LogP contribution in [0.2, 0.25) is 0 Å². The topological polar surface area (TPSA) is 38.9 Å². The first-order chi connectivity index (χ1) is 27.6. The van der Waals surface area contributed by atoms with E-state index in [1.807, 2.05) is 6.07 Å². The van der Waals surface area contributed by atoms with Gasteiger partial charge >= 0.3 is 0 Å². The minimum absolute atomic E-state index is 0.0184. The number of benzene rings is 7. The quantitative estimate of drug-likeness (QED) is 0.163. The van der Waals surface area contributed by atoms with Crippen LogP contribution in [0.5, 0.6) is 0 Å². The molecule has 0 saturated carbocycles. The maximum absolute atomic E-state index is 6.98. The number of aromatic nitrogens is 2. The van der Waals surface area contributed by atoms with Crippen LogP contribution in [0, 0.1) is 0 Å². The van der Waals surface area contributed by atoms with E-state index >= 15 is 0 Å². The molecular weight excluding hydrogens is 701 g/mol. The second kappa shape index (κ2) is 12.9. The van der Waals surface area contributed by atoms with Crippen LogP contribution >= 0.6 is 11.3 Å². The average Bonchev–Trinajstić information content (AvgIpc) is 3.92. The standard InChI is InChI=1S/C52H38N2OS/c1-3-30-52(4-2)43-22-10-8-16-37(43)39-19-12-18-36(46(39)52)35-28-29-38-40-20-13-21-42(49(40)55-44(38)31-35)48-50-47(41-17-9-11-23-45(41)56-50)53-51(54-48)34-26-24-33(25-27-34)32-14-6-5-7-15-32/h5-29,31H,3-4,30H2,1-2H3. The van der Waals surface area contributed by atoms with Gasteiger partial charge in [0.15, 0.2) is 5.82 Å². The summed E-state index contributed by atoms with van der Waals surface area (Å²) in [6.07, 6.45) is 3.30. The Morgan fingerprint density at radius 1 is 0.554 bits per heavy atom. The third-order valence-electron chi connectivity index (χ3n) is 12.1. The van der Waals surface area contributed by atoms with Gasteiger partial charge in [-0.15, -0.1) is 11.3 Å². The molecule has 0 spiro atoms. The molecule has 10 aromatic rings. The molecule has 11 rings (SSSR count). The van der Waals surface area contributed by atoms with Crippen molar-refractivity contribution >= 4 is 53.6 Å². The number of thiophene rings is 1. The number of hydrogen-bond acceptors (Lipinski definition) is 4. The zero-order valence-corrected chi connectivity index (χ0v) is 32.2. The number of para-hydroxylation sites is 1. The van der Waals surface area contributed by atoms with Gasteiger partial charge in [-0.05, 0) is 81.6 Å². The summed E-state index contributed by atoms with van der Waals surface area (Å²) in [5, 5.41) is 3.34. The van der Waals surface area contributed by atoms with Crippen LogP contribution in [0.4, 0.5) is 0 Å². The molecule has 4 heteroatoms. The molecule has 268 valence electrons. The van der Waals surface area contributed by atoms with Crippen molar-refractivity contribution in [2.24, 2.45) is 0 Å². The number of furan rings is 1. The molecule has 0 aliphatic heterocycles. The Balaban J connectivity index is 1.09. The van der Waals surface area contributed by atoms with E-state index < -0.39 is 0 Å². The first kappa shape index (κ1) is 33.0. The molecule has 0 radical (unpaired) electrons. The van der Waals surface area contributed by atoms with Gasteiger partial charge in [0.25, 0.3) is 0 Å². The van der Waals surface area contributed by atoms with Crippen molar-refractivity contribution in [3.8, 4) is 56.0 Å². The summed E-state index contributed by atoms with van der Waals surface area (Å²) in [5.41, 5.74) is 16.0. The Bertz CT molecular complexity index is 3140. The summed E-state index contributed by atoms with van der Waals surface area (Å²) in [4.78, 5) is 10.6. The first-order valence-corrected chi connectivity index (χ1v) is 20.5. The molecule has 3 nitrogen and oxygen atoms in total. The fourth-order valence-electron chi connectivity index (χ4n) is 9.53. The van der Waals surface area contributed by atoms with Crippen molar-refractivity contribution in [2.45, 2.75) is 38.5 Å². The maximum Gasteiger partial charge on any atom is 0.160 e. The lowest BCUT2D eigenvalue weighted by Gasteiger charge is -2.32. The van der Waals surface area contributed by atoms with Crippen molar-refractivity contribution in [1.82, 2.24) is 9.97 Å². The van der Waals surface area contributed by atoms with Crippen molar-refractivity contribution in [1.29, 1.82) is 0 Å². The van der Waals surface area contributed by atoms with Crippen LogP contribution in [0.25, 0.3) is 98.3 Å². The summed E-state index contributed by atoms with van der Waals surface area (Å²) in [6.45, 7) is 4.67. The molecule has 3 heterocycles. The molecule has 0 N–H and O–H groups in total. The molecule has 1 aliphatic carbocycles. The minimum atomic E-state index is -0.0184. The molecule has 0 amide bonds. The number of hydrogen-bond donors (Lipinski definition) is 0. The number of nitrogens with zero attached hydrogens (tertiary/aromatic N) is 2. The molecule has 56 heavy (non-hydrogen) atoms. The average molecular weight is 739 g/mol. The molecular formula is C52H38N2OS. The van der Waals surface area contributed by atoms with Crippen LogP contribution in [0.3, 0.4) is 0 Å². The second-order valence-electron chi connectivity index (χ2n) is 15.1. The van der Waals surface area contributed by atoms with Crippen LogP contribution in [0.1, 0.15) is 44.2 Å². The third-order valence-corrected chi connectivity index (χ3v) is 13.3. The van der Waals surface area contributed by atoms with Crippen LogP contribution < -0.4 is 0 Å². The first-order valence-electron chi connectivity index (χ1n) is 19.7. The molecule has 7 aromatic carbocycles. The Kier molecular flexibility index (Phi) is 7.58. The van der Waals surface area contributed by atoms with Gasteiger partial charge in [0.1, 0.15) is 11.2 Å². The lowest BCUT2D eigenvalue weighted by Crippen LogP contribution is -2.24. The van der Waals surface area contributed by atoms with Gasteiger partial charge in [0.05, 0.1) is 15.9 Å². The summed E-state index contributed by atoms with van der Waals surface area (Å²) in [6, 6.07) is 56.8. The molecule has 3 aromatic heterocycles. The molecule has 1 unspecified atom stereocenters. The maximum atomic E-state index is 6.98. The Morgan fingerprint density at radius 2 is 1.23 bits per heavy atom. The molecule has 1 atom stereocenters. The lowest BCUT2D eigenvalue weighted by atomic mass is 9.70. The van der Waals surface area contributed by atoms with Gasteiger partial charge in [-0.1, -0.05) is 154 Å². The Morgan fingerprint density at radius 3 is 2.09 bits per heavy atom. The van der Waals surface area contributed by atoms with E-state index in [4.69, 9.17) is 14.4 Å². The monoisotopic (exact) mass is 738 g/mol. The van der Waals surface area contributed by atoms with Crippen molar-refractivity contribution in [3.63, 3.8) is 0 Å². The van der Waals surface area contributed by atoms with Gasteiger partial charge in [-0.3, -0.25) is 0 Å². The van der Waals surface area contributed by atoms with Gasteiger partial charge in [-0.2, -0.15) is 0 Å². The second-order valence-corrected chi connectivity index (χ2v) is 16.1. The largest absolute Gasteiger partial charge is 0.455 e. The predicted octanol–water partition coefficient (Wildman–Crippen LogP) is 14.9. The molecule has 1 aliphatic rings. The van der Waals surface area contributed by atoms with E-state index in [9.17, 15) is 0 Å². The normalized spacial score (nSPS) is 14.9. The summed E-state index contributed by atoms with van der Waals surface area (Å²) >= 11 is 1.75. The smallest absolute Gasteiger partial charge is 0.160 e. The van der Waals surface area contributed by atoms with Gasteiger partial charge in [0, 0.05) is 37.4 Å². The predicted molar refractivity (Wildman–Crippen MR) is 235 cm³/mol. The fraction of sp³-hybridized carbons (Fsp3) is 0.115. The van der Waals surface area contributed by atoms with Crippen molar-refractivity contribution < 1.29 is 4.42 Å². The molecule has 0 bridgehead atoms. The van der Waals surface area contributed by atoms with Gasteiger partial charge in [-0.25, -0.2) is 9.97 Å². The third kappa shape index (κ3) is 4.89. The van der Waals surface area contributed by atoms with Gasteiger partial charge < -0.3 is 4.42 Å². The minimum Gasteiger partial charge on any atom is -0.455 e. The lowest BCUT2D eigenvalue weighted by molar-refractivity contribution is 0.462. The SMILES string of the molecule is CCCC1(CC)c2ccccc2-c2cccc(-c3ccc4c(c3)oc3c(-c5nc(-c6ccc(-c7ccccc7)cc6)nc6c5sc5ccccc56)cccc34)c21. The van der Waals surface area contributed by atoms with E-state index in [0.717, 1.165) is 73.6 Å². The summed E-state index contributed by atoms with van der Waals surface area (Å²) in [7, 11) is 0. The highest BCUT2D eigenvalue weighted by Gasteiger charge is 2.42. The van der Waals surface area contributed by atoms with E-state index in [1.54, 1.807) is 11.3 Å². The van der Waals surface area contributed by atoms with Crippen molar-refractivity contribution in [3.05, 3.63) is 169 Å². The Labute approximate surface area is 330 Å². The van der Waals surface area contributed by atoms with Crippen LogP contribution in [-0.4, -0.2) is 9.97 Å². The molecule has 0 saturated heterocycles. The fourth-order valence-corrected chi connectivity index (χ4v) is 10.7. The van der Waals surface area contributed by atoms with E-state index in [2.05, 4.69) is 166 Å². The van der Waals surface area contributed by atoms with E-state index in [1.165, 1.54) is 49.2 Å². The number of rotatable bonds is 7. The highest BCUT2D eigenvalue weighted by atomic mass is 32.1. The highest BCUT2D eigenvalue weighted by molar-refractivity contribution is 7.26. The summed E-state index contributed by atoms with van der Waals surface area (Å²) in [5.74, 6) is 0.705. The highest BCUT2D eigenvalue weighted by Crippen LogP contribution is 2.56. The zero-order chi connectivity index (χ0) is 37.4. The summed E-state index contributed by atoms with van der Waals surface area (Å²) < 4.78 is 9.24. The van der Waals surface area contributed by atoms with E-state index in [0.29, 0.717) is 5.82 Å². The Hall–Kier alpha value is -6.36. The zero-order valence-electron chi connectivity index (χ0n) is 31.3.